The van der Waals surface area contributed by atoms with E-state index in [0.717, 1.165) is 36.0 Å². The van der Waals surface area contributed by atoms with Gasteiger partial charge in [0.2, 0.25) is 0 Å². The van der Waals surface area contributed by atoms with E-state index < -0.39 is 0 Å². The number of alkyl halides is 1. The number of halogens is 1. The number of nitrogens with one attached hydrogen (secondary N) is 1. The summed E-state index contributed by atoms with van der Waals surface area (Å²) in [6.07, 6.45) is 1.71. The van der Waals surface area contributed by atoms with Gasteiger partial charge in [-0.3, -0.25) is 14.4 Å². The summed E-state index contributed by atoms with van der Waals surface area (Å²) in [7, 11) is 1.68. The summed E-state index contributed by atoms with van der Waals surface area (Å²) in [5.41, 5.74) is 2.65. The molecule has 2 aliphatic rings. The Kier molecular flexibility index (Phi) is 6.77. The van der Waals surface area contributed by atoms with Gasteiger partial charge in [0, 0.05) is 30.1 Å². The summed E-state index contributed by atoms with van der Waals surface area (Å²) in [5, 5.41) is 8.69. The molecule has 4 atom stereocenters. The lowest BCUT2D eigenvalue weighted by molar-refractivity contribution is -0.0843. The molecule has 2 aromatic carbocycles. The molecule has 1 N–H and O–H groups in total. The Bertz CT molecular complexity index is 1130. The molecule has 0 radical (unpaired) electrons. The number of ether oxygens (including phenoxy) is 2. The van der Waals surface area contributed by atoms with Crippen LogP contribution in [-0.2, 0) is 17.8 Å². The summed E-state index contributed by atoms with van der Waals surface area (Å²) >= 11 is 6.21. The number of carbonyl (C=O) groups is 1. The van der Waals surface area contributed by atoms with E-state index in [0.29, 0.717) is 25.5 Å². The van der Waals surface area contributed by atoms with Crippen molar-refractivity contribution in [2.75, 3.05) is 20.3 Å². The van der Waals surface area contributed by atoms with E-state index in [1.165, 1.54) is 5.56 Å². The van der Waals surface area contributed by atoms with Gasteiger partial charge in [0.05, 0.1) is 37.8 Å². The van der Waals surface area contributed by atoms with Crippen molar-refractivity contribution in [1.82, 2.24) is 20.0 Å². The number of rotatable bonds is 7. The minimum Gasteiger partial charge on any atom is -0.497 e. The van der Waals surface area contributed by atoms with Crippen LogP contribution >= 0.6 is 11.6 Å². The highest BCUT2D eigenvalue weighted by Crippen LogP contribution is 2.30. The zero-order valence-electron chi connectivity index (χ0n) is 19.6. The molecule has 34 heavy (non-hydrogen) atoms. The van der Waals surface area contributed by atoms with Crippen molar-refractivity contribution in [3.05, 3.63) is 59.8 Å². The van der Waals surface area contributed by atoms with Gasteiger partial charge in [-0.05, 0) is 43.5 Å². The van der Waals surface area contributed by atoms with E-state index in [4.69, 9.17) is 21.1 Å². The molecule has 5 rings (SSSR count). The van der Waals surface area contributed by atoms with Crippen molar-refractivity contribution >= 4 is 28.4 Å². The highest BCUT2D eigenvalue weighted by molar-refractivity contribution is 6.20. The lowest BCUT2D eigenvalue weighted by Crippen LogP contribution is -2.60. The van der Waals surface area contributed by atoms with Crippen molar-refractivity contribution in [1.29, 1.82) is 0 Å². The number of carbonyl (C=O) groups excluding carboxylic acids is 1. The second-order valence-electron chi connectivity index (χ2n) is 9.34. The Hall–Kier alpha value is -2.61. The lowest BCUT2D eigenvalue weighted by atomic mass is 9.89. The third-order valence-corrected chi connectivity index (χ3v) is 6.97. The van der Waals surface area contributed by atoms with Crippen molar-refractivity contribution < 1.29 is 14.3 Å². The first-order valence-electron chi connectivity index (χ1n) is 11.9. The smallest absolute Gasteiger partial charge is 0.272 e. The monoisotopic (exact) mass is 482 g/mol. The second-order valence-corrected chi connectivity index (χ2v) is 10.1. The van der Waals surface area contributed by atoms with Gasteiger partial charge in [-0.25, -0.2) is 0 Å². The average molecular weight is 483 g/mol. The molecule has 3 heterocycles. The predicted molar refractivity (Wildman–Crippen MR) is 132 cm³/mol. The van der Waals surface area contributed by atoms with E-state index in [9.17, 15) is 4.79 Å². The molecule has 1 amide bonds. The highest BCUT2D eigenvalue weighted by atomic mass is 35.5. The number of methoxy groups -OCH3 is 1. The number of aromatic nitrogens is 2. The van der Waals surface area contributed by atoms with Crippen molar-refractivity contribution in [2.24, 2.45) is 0 Å². The molecule has 1 aromatic heterocycles. The van der Waals surface area contributed by atoms with Gasteiger partial charge in [0.25, 0.3) is 5.91 Å². The molecule has 7 nitrogen and oxygen atoms in total. The maximum Gasteiger partial charge on any atom is 0.272 e. The van der Waals surface area contributed by atoms with Gasteiger partial charge in [-0.15, -0.1) is 11.6 Å². The molecule has 0 saturated carbocycles. The molecule has 3 aromatic rings. The zero-order valence-corrected chi connectivity index (χ0v) is 20.4. The summed E-state index contributed by atoms with van der Waals surface area (Å²) in [4.78, 5) is 15.8. The Labute approximate surface area is 205 Å². The van der Waals surface area contributed by atoms with Crippen LogP contribution in [0.3, 0.4) is 0 Å². The van der Waals surface area contributed by atoms with Gasteiger partial charge >= 0.3 is 0 Å². The van der Waals surface area contributed by atoms with Crippen LogP contribution in [0, 0.1) is 0 Å². The number of hydrogen-bond acceptors (Lipinski definition) is 5. The number of hydrogen-bond donors (Lipinski definition) is 1. The number of para-hydroxylation sites is 1. The van der Waals surface area contributed by atoms with E-state index in [1.54, 1.807) is 7.11 Å². The van der Waals surface area contributed by atoms with Crippen LogP contribution in [0.2, 0.25) is 0 Å². The Balaban J connectivity index is 1.29. The highest BCUT2D eigenvalue weighted by Gasteiger charge is 2.39. The largest absolute Gasteiger partial charge is 0.497 e. The average Bonchev–Trinajstić information content (AvgIpc) is 3.18. The zero-order chi connectivity index (χ0) is 23.7. The quantitative estimate of drug-likeness (QED) is 0.518. The third kappa shape index (κ3) is 4.78. The fourth-order valence-electron chi connectivity index (χ4n) is 5.23. The maximum absolute atomic E-state index is 13.3. The number of benzene rings is 2. The van der Waals surface area contributed by atoms with Crippen LogP contribution in [0.1, 0.15) is 35.8 Å². The van der Waals surface area contributed by atoms with Gasteiger partial charge in [-0.2, -0.15) is 5.10 Å². The summed E-state index contributed by atoms with van der Waals surface area (Å²) in [6.45, 7) is 4.72. The first-order valence-corrected chi connectivity index (χ1v) is 12.3. The first-order chi connectivity index (χ1) is 16.5. The summed E-state index contributed by atoms with van der Waals surface area (Å²) in [5.74, 6) is 0.744. The van der Waals surface area contributed by atoms with Gasteiger partial charge in [0.1, 0.15) is 5.75 Å². The molecule has 8 heteroatoms. The normalized spacial score (nSPS) is 23.6. The minimum atomic E-state index is -0.121. The van der Waals surface area contributed by atoms with E-state index in [-0.39, 0.29) is 29.4 Å². The number of piperidine rings is 1. The number of nitrogens with zero attached hydrogens (tertiary/aromatic N) is 3. The van der Waals surface area contributed by atoms with Crippen LogP contribution in [0.25, 0.3) is 10.9 Å². The molecule has 2 bridgehead atoms. The molecule has 2 aliphatic heterocycles. The van der Waals surface area contributed by atoms with Gasteiger partial charge in [-0.1, -0.05) is 30.3 Å². The molecular formula is C26H31ClN4O3. The third-order valence-electron chi connectivity index (χ3n) is 6.83. The molecule has 2 saturated heterocycles. The van der Waals surface area contributed by atoms with E-state index in [2.05, 4.69) is 27.4 Å². The molecule has 0 aliphatic carbocycles. The SMILES string of the molecule is COc1ccc(CN2[C@@H]3COC[C@H]2C[C@@H](NC(=O)c2nn(CC(C)Cl)c4ccccc24)C3)cc1. The molecule has 180 valence electrons. The maximum atomic E-state index is 13.3. The van der Waals surface area contributed by atoms with Gasteiger partial charge in [0.15, 0.2) is 5.69 Å². The Morgan fingerprint density at radius 3 is 2.56 bits per heavy atom. The van der Waals surface area contributed by atoms with Crippen LogP contribution in [0.15, 0.2) is 48.5 Å². The number of fused-ring (bicyclic) bond motifs is 3. The lowest BCUT2D eigenvalue weighted by Gasteiger charge is -2.48. The molecule has 0 spiro atoms. The fourth-order valence-corrected chi connectivity index (χ4v) is 5.36. The summed E-state index contributed by atoms with van der Waals surface area (Å²) < 4.78 is 13.0. The van der Waals surface area contributed by atoms with Crippen LogP contribution < -0.4 is 10.1 Å². The van der Waals surface area contributed by atoms with Crippen molar-refractivity contribution in [2.45, 2.75) is 56.4 Å². The number of morpholine rings is 1. The van der Waals surface area contributed by atoms with Crippen molar-refractivity contribution in [3.8, 4) is 5.75 Å². The minimum absolute atomic E-state index is 0.0754. The number of amides is 1. The Morgan fingerprint density at radius 1 is 1.18 bits per heavy atom. The topological polar surface area (TPSA) is 68.6 Å². The van der Waals surface area contributed by atoms with Crippen LogP contribution in [0.4, 0.5) is 0 Å². The van der Waals surface area contributed by atoms with Gasteiger partial charge < -0.3 is 14.8 Å². The fraction of sp³-hybridized carbons (Fsp3) is 0.462. The Morgan fingerprint density at radius 2 is 1.88 bits per heavy atom. The van der Waals surface area contributed by atoms with Crippen LogP contribution in [0.5, 0.6) is 5.75 Å². The van der Waals surface area contributed by atoms with Crippen LogP contribution in [-0.4, -0.2) is 64.4 Å². The second kappa shape index (κ2) is 9.94. The van der Waals surface area contributed by atoms with E-state index in [1.807, 2.05) is 48.0 Å². The molecule has 1 unspecified atom stereocenters. The standard InChI is InChI=1S/C26H31ClN4O3/c1-17(27)13-31-24-6-4-3-5-23(24)25(29-31)26(32)28-19-11-20-15-34-16-21(12-19)30(20)14-18-7-9-22(33-2)10-8-18/h3-10,17,19-21H,11-16H2,1-2H3,(H,28,32)/t17?,19-,20-,21+. The van der Waals surface area contributed by atoms with E-state index >= 15 is 0 Å². The molecule has 2 fully saturated rings. The predicted octanol–water partition coefficient (Wildman–Crippen LogP) is 3.83. The first kappa shape index (κ1) is 23.1. The van der Waals surface area contributed by atoms with Crippen molar-refractivity contribution in [3.63, 3.8) is 0 Å². The summed E-state index contributed by atoms with van der Waals surface area (Å²) in [6, 6.07) is 16.7. The molecular weight excluding hydrogens is 452 g/mol.